The van der Waals surface area contributed by atoms with Crippen LogP contribution in [0.3, 0.4) is 0 Å². The van der Waals surface area contributed by atoms with Gasteiger partial charge in [0, 0.05) is 29.4 Å². The van der Waals surface area contributed by atoms with Crippen molar-refractivity contribution in [3.8, 4) is 11.5 Å². The monoisotopic (exact) mass is 542 g/mol. The second-order valence-corrected chi connectivity index (χ2v) is 9.58. The minimum atomic E-state index is -0.566. The summed E-state index contributed by atoms with van der Waals surface area (Å²) in [6, 6.07) is 16.3. The number of nitrogens with one attached hydrogen (secondary N) is 1. The van der Waals surface area contributed by atoms with Gasteiger partial charge in [-0.2, -0.15) is 0 Å². The van der Waals surface area contributed by atoms with Gasteiger partial charge >= 0.3 is 0 Å². The van der Waals surface area contributed by atoms with E-state index in [0.717, 1.165) is 12.0 Å². The Morgan fingerprint density at radius 2 is 1.75 bits per heavy atom. The van der Waals surface area contributed by atoms with E-state index >= 15 is 0 Å². The van der Waals surface area contributed by atoms with Crippen molar-refractivity contribution in [3.63, 3.8) is 0 Å². The summed E-state index contributed by atoms with van der Waals surface area (Å²) in [4.78, 5) is 50.4. The van der Waals surface area contributed by atoms with Crippen LogP contribution in [-0.2, 0) is 22.6 Å². The summed E-state index contributed by atoms with van der Waals surface area (Å²) in [6.45, 7) is 3.42. The molecule has 4 rings (SSSR count). The molecular weight excluding hydrogens is 512 g/mol. The van der Waals surface area contributed by atoms with Crippen LogP contribution in [0.5, 0.6) is 11.5 Å². The van der Waals surface area contributed by atoms with Crippen molar-refractivity contribution in [3.05, 3.63) is 94.1 Å². The SMILES string of the molecule is CCCc1c(OCc2cccc(NC(=O)c3cccc(/C(O)=C4\C(=O)CN(C)C4=O)c3)c2)ccc(C(C)=O)c1O. The fourth-order valence-electron chi connectivity index (χ4n) is 4.49. The standard InChI is InChI=1S/C31H30N2O7/c1-4-7-24-26(13-12-23(18(2)34)29(24)37)40-17-19-8-5-11-22(14-19)32-30(38)21-10-6-9-20(15-21)28(36)27-25(35)16-33(3)31(27)39/h5-6,8-15,36-37H,4,7,16-17H2,1-3H3,(H,32,38)/b28-27-. The molecule has 9 nitrogen and oxygen atoms in total. The molecule has 0 atom stereocenters. The number of amides is 2. The normalized spacial score (nSPS) is 14.3. The van der Waals surface area contributed by atoms with E-state index in [1.54, 1.807) is 42.5 Å². The molecule has 0 radical (unpaired) electrons. The maximum atomic E-state index is 13.0. The molecule has 1 fully saturated rings. The van der Waals surface area contributed by atoms with Crippen molar-refractivity contribution in [2.45, 2.75) is 33.3 Å². The zero-order chi connectivity index (χ0) is 29.0. The molecule has 40 heavy (non-hydrogen) atoms. The van der Waals surface area contributed by atoms with E-state index in [1.165, 1.54) is 31.0 Å². The molecule has 3 aromatic carbocycles. The predicted octanol–water partition coefficient (Wildman–Crippen LogP) is 4.69. The van der Waals surface area contributed by atoms with Crippen LogP contribution in [0.25, 0.3) is 5.76 Å². The lowest BCUT2D eigenvalue weighted by molar-refractivity contribution is -0.123. The number of carbonyl (C=O) groups is 4. The van der Waals surface area contributed by atoms with Gasteiger partial charge in [0.25, 0.3) is 11.8 Å². The fraction of sp³-hybridized carbons (Fsp3) is 0.226. The maximum absolute atomic E-state index is 13.0. The highest BCUT2D eigenvalue weighted by atomic mass is 16.5. The number of hydrogen-bond donors (Lipinski definition) is 3. The number of rotatable bonds is 9. The number of phenolic OH excluding ortho intramolecular Hbond substituents is 1. The molecule has 1 heterocycles. The van der Waals surface area contributed by atoms with E-state index in [9.17, 15) is 29.4 Å². The Balaban J connectivity index is 1.49. The number of Topliss-reactive ketones (excluding diaryl/α,β-unsaturated/α-hetero) is 2. The Morgan fingerprint density at radius 1 is 1.02 bits per heavy atom. The van der Waals surface area contributed by atoms with Gasteiger partial charge in [0.05, 0.1) is 12.1 Å². The summed E-state index contributed by atoms with van der Waals surface area (Å²) < 4.78 is 5.98. The van der Waals surface area contributed by atoms with Gasteiger partial charge in [-0.15, -0.1) is 0 Å². The van der Waals surface area contributed by atoms with Crippen LogP contribution < -0.4 is 10.1 Å². The van der Waals surface area contributed by atoms with Crippen molar-refractivity contribution >= 4 is 34.8 Å². The predicted molar refractivity (Wildman–Crippen MR) is 149 cm³/mol. The highest BCUT2D eigenvalue weighted by Gasteiger charge is 2.34. The van der Waals surface area contributed by atoms with Crippen LogP contribution in [0.2, 0.25) is 0 Å². The second kappa shape index (κ2) is 11.9. The van der Waals surface area contributed by atoms with Crippen molar-refractivity contribution in [1.82, 2.24) is 4.90 Å². The van der Waals surface area contributed by atoms with E-state index in [0.29, 0.717) is 23.4 Å². The molecule has 2 amide bonds. The Hall–Kier alpha value is -4.92. The number of aliphatic hydroxyl groups excluding tert-OH is 1. The van der Waals surface area contributed by atoms with Gasteiger partial charge in [-0.25, -0.2) is 0 Å². The summed E-state index contributed by atoms with van der Waals surface area (Å²) in [5.41, 5.74) is 2.21. The number of ether oxygens (including phenoxy) is 1. The molecular formula is C31H30N2O7. The van der Waals surface area contributed by atoms with E-state index < -0.39 is 23.4 Å². The lowest BCUT2D eigenvalue weighted by Crippen LogP contribution is -2.19. The smallest absolute Gasteiger partial charge is 0.261 e. The number of likely N-dealkylation sites (tertiary alicyclic amines) is 1. The molecule has 3 aromatic rings. The van der Waals surface area contributed by atoms with Crippen LogP contribution in [0.15, 0.2) is 66.2 Å². The molecule has 3 N–H and O–H groups in total. The van der Waals surface area contributed by atoms with Gasteiger partial charge < -0.3 is 25.2 Å². The number of hydrogen-bond acceptors (Lipinski definition) is 7. The van der Waals surface area contributed by atoms with Crippen molar-refractivity contribution in [2.75, 3.05) is 18.9 Å². The van der Waals surface area contributed by atoms with E-state index in [4.69, 9.17) is 4.74 Å². The summed E-state index contributed by atoms with van der Waals surface area (Å²) in [7, 11) is 1.47. The van der Waals surface area contributed by atoms with Crippen molar-refractivity contribution in [2.24, 2.45) is 0 Å². The van der Waals surface area contributed by atoms with E-state index in [1.807, 2.05) is 13.0 Å². The number of likely N-dealkylation sites (N-methyl/N-ethyl adjacent to an activating group) is 1. The molecule has 0 bridgehead atoms. The Bertz CT molecular complexity index is 1540. The highest BCUT2D eigenvalue weighted by molar-refractivity contribution is 6.28. The molecule has 0 saturated carbocycles. The zero-order valence-electron chi connectivity index (χ0n) is 22.5. The topological polar surface area (TPSA) is 133 Å². The average molecular weight is 543 g/mol. The van der Waals surface area contributed by atoms with Gasteiger partial charge in [-0.05, 0) is 55.3 Å². The number of aliphatic hydroxyl groups is 1. The number of benzene rings is 3. The molecule has 1 aliphatic heterocycles. The van der Waals surface area contributed by atoms with Crippen LogP contribution in [-0.4, -0.2) is 52.1 Å². The fourth-order valence-corrected chi connectivity index (χ4v) is 4.49. The number of phenols is 1. The first-order valence-corrected chi connectivity index (χ1v) is 12.8. The lowest BCUT2D eigenvalue weighted by atomic mass is 10.0. The summed E-state index contributed by atoms with van der Waals surface area (Å²) in [5.74, 6) is -1.77. The minimum Gasteiger partial charge on any atom is -0.507 e. The maximum Gasteiger partial charge on any atom is 0.261 e. The summed E-state index contributed by atoms with van der Waals surface area (Å²) in [6.07, 6.45) is 1.30. The van der Waals surface area contributed by atoms with E-state index in [-0.39, 0.29) is 46.9 Å². The zero-order valence-corrected chi connectivity index (χ0v) is 22.5. The van der Waals surface area contributed by atoms with Crippen molar-refractivity contribution in [1.29, 1.82) is 0 Å². The average Bonchev–Trinajstić information content (AvgIpc) is 3.19. The van der Waals surface area contributed by atoms with Gasteiger partial charge in [0.15, 0.2) is 11.6 Å². The van der Waals surface area contributed by atoms with Crippen LogP contribution in [0, 0.1) is 0 Å². The molecule has 206 valence electrons. The molecule has 0 aliphatic carbocycles. The van der Waals surface area contributed by atoms with Gasteiger partial charge in [-0.3, -0.25) is 19.2 Å². The Labute approximate surface area is 231 Å². The number of ketones is 2. The molecule has 1 saturated heterocycles. The summed E-state index contributed by atoms with van der Waals surface area (Å²) in [5, 5.41) is 24.0. The van der Waals surface area contributed by atoms with Gasteiger partial charge in [-0.1, -0.05) is 37.6 Å². The third kappa shape index (κ3) is 5.88. The van der Waals surface area contributed by atoms with Gasteiger partial charge in [0.2, 0.25) is 0 Å². The number of carbonyl (C=O) groups excluding carboxylic acids is 4. The molecule has 0 spiro atoms. The lowest BCUT2D eigenvalue weighted by Gasteiger charge is -2.15. The molecule has 0 unspecified atom stereocenters. The van der Waals surface area contributed by atoms with Crippen LogP contribution in [0.1, 0.15) is 57.7 Å². The van der Waals surface area contributed by atoms with E-state index in [2.05, 4.69) is 5.32 Å². The van der Waals surface area contributed by atoms with Crippen molar-refractivity contribution < 1.29 is 34.1 Å². The molecule has 9 heteroatoms. The highest BCUT2D eigenvalue weighted by Crippen LogP contribution is 2.33. The number of aromatic hydroxyl groups is 1. The van der Waals surface area contributed by atoms with Gasteiger partial charge in [0.1, 0.15) is 29.4 Å². The minimum absolute atomic E-state index is 0.0644. The van der Waals surface area contributed by atoms with Crippen LogP contribution in [0.4, 0.5) is 5.69 Å². The quantitative estimate of drug-likeness (QED) is 0.155. The third-order valence-corrected chi connectivity index (χ3v) is 6.55. The second-order valence-electron chi connectivity index (χ2n) is 9.58. The molecule has 1 aliphatic rings. The molecule has 0 aromatic heterocycles. The Kier molecular flexibility index (Phi) is 8.33. The first-order valence-electron chi connectivity index (χ1n) is 12.8. The third-order valence-electron chi connectivity index (χ3n) is 6.55. The number of anilines is 1. The van der Waals surface area contributed by atoms with Crippen LogP contribution >= 0.6 is 0 Å². The largest absolute Gasteiger partial charge is 0.507 e. The Morgan fingerprint density at radius 3 is 2.42 bits per heavy atom. The summed E-state index contributed by atoms with van der Waals surface area (Å²) >= 11 is 0. The first-order chi connectivity index (χ1) is 19.1. The first kappa shape index (κ1) is 28.1. The number of nitrogens with zero attached hydrogens (tertiary/aromatic N) is 1.